The van der Waals surface area contributed by atoms with Crippen LogP contribution in [0.5, 0.6) is 0 Å². The molecule has 1 N–H and O–H groups in total. The fraction of sp³-hybridized carbons (Fsp3) is 0.222. The number of amidine groups is 1. The molecule has 0 spiro atoms. The van der Waals surface area contributed by atoms with Crippen molar-refractivity contribution in [1.29, 1.82) is 0 Å². The highest BCUT2D eigenvalue weighted by Crippen LogP contribution is 2.22. The van der Waals surface area contributed by atoms with E-state index < -0.39 is 0 Å². The third-order valence-electron chi connectivity index (χ3n) is 3.71. The van der Waals surface area contributed by atoms with Gasteiger partial charge in [0.1, 0.15) is 5.84 Å². The number of hydrogen-bond donors (Lipinski definition) is 1. The highest BCUT2D eigenvalue weighted by atomic mass is 16.2. The molecule has 1 heterocycles. The van der Waals surface area contributed by atoms with Crippen molar-refractivity contribution in [1.82, 2.24) is 10.2 Å². The summed E-state index contributed by atoms with van der Waals surface area (Å²) in [4.78, 5) is 18.6. The van der Waals surface area contributed by atoms with Crippen molar-refractivity contribution in [3.63, 3.8) is 0 Å². The molecule has 0 saturated carbocycles. The van der Waals surface area contributed by atoms with Gasteiger partial charge in [-0.1, -0.05) is 42.5 Å². The van der Waals surface area contributed by atoms with Crippen LogP contribution in [-0.2, 0) is 6.42 Å². The lowest BCUT2D eigenvalue weighted by atomic mass is 10.1. The Morgan fingerprint density at radius 2 is 1.82 bits per heavy atom. The van der Waals surface area contributed by atoms with E-state index >= 15 is 0 Å². The molecule has 1 aliphatic rings. The maximum Gasteiger partial charge on any atom is 0.256 e. The molecule has 0 saturated heterocycles. The van der Waals surface area contributed by atoms with Crippen molar-refractivity contribution in [2.45, 2.75) is 6.42 Å². The summed E-state index contributed by atoms with van der Waals surface area (Å²) in [5.41, 5.74) is 2.68. The molecule has 0 aliphatic carbocycles. The van der Waals surface area contributed by atoms with Gasteiger partial charge < -0.3 is 10.2 Å². The van der Waals surface area contributed by atoms with Gasteiger partial charge in [-0.15, -0.1) is 0 Å². The molecule has 0 unspecified atom stereocenters. The zero-order valence-corrected chi connectivity index (χ0v) is 12.6. The van der Waals surface area contributed by atoms with Crippen molar-refractivity contribution in [2.24, 2.45) is 4.99 Å². The largest absolute Gasteiger partial charge is 0.372 e. The van der Waals surface area contributed by atoms with E-state index in [-0.39, 0.29) is 5.91 Å². The molecule has 22 heavy (non-hydrogen) atoms. The van der Waals surface area contributed by atoms with Gasteiger partial charge in [-0.2, -0.15) is 0 Å². The fourth-order valence-electron chi connectivity index (χ4n) is 2.53. The second-order valence-electron chi connectivity index (χ2n) is 5.40. The second-order valence-corrected chi connectivity index (χ2v) is 5.40. The predicted molar refractivity (Wildman–Crippen MR) is 88.6 cm³/mol. The average molecular weight is 293 g/mol. The van der Waals surface area contributed by atoms with Crippen molar-refractivity contribution in [3.05, 3.63) is 65.7 Å². The fourth-order valence-corrected chi connectivity index (χ4v) is 2.53. The second kappa shape index (κ2) is 6.43. The van der Waals surface area contributed by atoms with E-state index in [1.54, 1.807) is 11.9 Å². The number of aliphatic imine (C=N–C) groups is 1. The number of hydrogen-bond acceptors (Lipinski definition) is 3. The molecule has 0 fully saturated rings. The van der Waals surface area contributed by atoms with E-state index in [2.05, 4.69) is 22.4 Å². The van der Waals surface area contributed by atoms with Crippen LogP contribution in [0.3, 0.4) is 0 Å². The smallest absolute Gasteiger partial charge is 0.256 e. The monoisotopic (exact) mass is 293 g/mol. The van der Waals surface area contributed by atoms with E-state index in [0.717, 1.165) is 24.5 Å². The van der Waals surface area contributed by atoms with Gasteiger partial charge in [0.05, 0.1) is 17.8 Å². The van der Waals surface area contributed by atoms with Crippen LogP contribution in [0.4, 0.5) is 5.69 Å². The van der Waals surface area contributed by atoms with Gasteiger partial charge in [-0.25, -0.2) is 4.99 Å². The zero-order valence-electron chi connectivity index (χ0n) is 12.6. The lowest BCUT2D eigenvalue weighted by Crippen LogP contribution is -2.37. The summed E-state index contributed by atoms with van der Waals surface area (Å²) in [6.45, 7) is 1.30. The summed E-state index contributed by atoms with van der Waals surface area (Å²) >= 11 is 0. The number of carbonyl (C=O) groups is 1. The summed E-state index contributed by atoms with van der Waals surface area (Å²) in [6, 6.07) is 17.8. The molecule has 4 heteroatoms. The van der Waals surface area contributed by atoms with Crippen LogP contribution in [0, 0.1) is 0 Å². The molecule has 0 bridgehead atoms. The van der Waals surface area contributed by atoms with Crippen LogP contribution < -0.4 is 5.32 Å². The van der Waals surface area contributed by atoms with E-state index in [9.17, 15) is 4.79 Å². The first-order chi connectivity index (χ1) is 10.7. The van der Waals surface area contributed by atoms with Crippen molar-refractivity contribution in [2.75, 3.05) is 20.1 Å². The number of amides is 1. The standard InChI is InChI=1S/C18H19N3O/c1-21-13-17(19-12-11-14-7-3-2-4-8-14)20-16-10-6-5-9-15(16)18(21)22/h2-10H,11-13H2,1H3,(H,19,20). The molecule has 4 nitrogen and oxygen atoms in total. The number of fused-ring (bicyclic) bond motifs is 1. The topological polar surface area (TPSA) is 44.7 Å². The summed E-state index contributed by atoms with van der Waals surface area (Å²) in [5, 5.41) is 3.36. The Morgan fingerprint density at radius 1 is 1.09 bits per heavy atom. The molecule has 112 valence electrons. The first-order valence-electron chi connectivity index (χ1n) is 7.44. The maximum absolute atomic E-state index is 12.3. The van der Waals surface area contributed by atoms with Crippen LogP contribution in [0.15, 0.2) is 59.6 Å². The Bertz CT molecular complexity index is 694. The number of benzene rings is 2. The molecule has 2 aromatic rings. The quantitative estimate of drug-likeness (QED) is 0.945. The van der Waals surface area contributed by atoms with Crippen molar-refractivity contribution >= 4 is 17.4 Å². The Labute approximate surface area is 130 Å². The minimum atomic E-state index is 0.0132. The molecule has 1 aliphatic heterocycles. The highest BCUT2D eigenvalue weighted by Gasteiger charge is 2.20. The molecule has 0 radical (unpaired) electrons. The number of nitrogens with one attached hydrogen (secondary N) is 1. The number of para-hydroxylation sites is 1. The van der Waals surface area contributed by atoms with Crippen LogP contribution in [0.2, 0.25) is 0 Å². The third-order valence-corrected chi connectivity index (χ3v) is 3.71. The summed E-state index contributed by atoms with van der Waals surface area (Å²) in [5.74, 6) is 0.843. The third kappa shape index (κ3) is 3.17. The van der Waals surface area contributed by atoms with Gasteiger partial charge in [0.2, 0.25) is 0 Å². The lowest BCUT2D eigenvalue weighted by Gasteiger charge is -2.16. The number of rotatable bonds is 3. The van der Waals surface area contributed by atoms with E-state index in [0.29, 0.717) is 12.1 Å². The highest BCUT2D eigenvalue weighted by molar-refractivity contribution is 6.04. The molecule has 0 atom stereocenters. The minimum Gasteiger partial charge on any atom is -0.372 e. The first kappa shape index (κ1) is 14.3. The van der Waals surface area contributed by atoms with Crippen LogP contribution in [0.1, 0.15) is 15.9 Å². The average Bonchev–Trinajstić information content (AvgIpc) is 2.66. The van der Waals surface area contributed by atoms with E-state index in [4.69, 9.17) is 0 Å². The van der Waals surface area contributed by atoms with Crippen LogP contribution in [0.25, 0.3) is 0 Å². The first-order valence-corrected chi connectivity index (χ1v) is 7.44. The zero-order chi connectivity index (χ0) is 15.4. The molecular weight excluding hydrogens is 274 g/mol. The van der Waals surface area contributed by atoms with Gasteiger partial charge in [-0.05, 0) is 24.1 Å². The SMILES string of the molecule is CN1CC(NCCc2ccccc2)=Nc2ccccc2C1=O. The predicted octanol–water partition coefficient (Wildman–Crippen LogP) is 2.63. The van der Waals surface area contributed by atoms with Crippen LogP contribution >= 0.6 is 0 Å². The number of carbonyl (C=O) groups excluding carboxylic acids is 1. The van der Waals surface area contributed by atoms with Gasteiger partial charge >= 0.3 is 0 Å². The number of nitrogens with zero attached hydrogens (tertiary/aromatic N) is 2. The Morgan fingerprint density at radius 3 is 2.64 bits per heavy atom. The van der Waals surface area contributed by atoms with Crippen LogP contribution in [-0.4, -0.2) is 36.8 Å². The van der Waals surface area contributed by atoms with Gasteiger partial charge in [-0.3, -0.25) is 4.79 Å². The van der Waals surface area contributed by atoms with E-state index in [1.165, 1.54) is 5.56 Å². The Kier molecular flexibility index (Phi) is 4.19. The summed E-state index contributed by atoms with van der Waals surface area (Å²) < 4.78 is 0. The van der Waals surface area contributed by atoms with Crippen molar-refractivity contribution in [3.8, 4) is 0 Å². The van der Waals surface area contributed by atoms with Crippen molar-refractivity contribution < 1.29 is 4.79 Å². The van der Waals surface area contributed by atoms with Gasteiger partial charge in [0, 0.05) is 13.6 Å². The molecular formula is C18H19N3O. The normalized spacial score (nSPS) is 14.1. The number of likely N-dealkylation sites (N-methyl/N-ethyl adjacent to an activating group) is 1. The maximum atomic E-state index is 12.3. The molecule has 3 rings (SSSR count). The molecule has 2 aromatic carbocycles. The minimum absolute atomic E-state index is 0.0132. The Hall–Kier alpha value is -2.62. The van der Waals surface area contributed by atoms with Gasteiger partial charge in [0.25, 0.3) is 5.91 Å². The molecule has 0 aromatic heterocycles. The van der Waals surface area contributed by atoms with Gasteiger partial charge in [0.15, 0.2) is 0 Å². The molecule has 1 amide bonds. The van der Waals surface area contributed by atoms with E-state index in [1.807, 2.05) is 42.5 Å². The summed E-state index contributed by atoms with van der Waals surface area (Å²) in [7, 11) is 1.80. The Balaban J connectivity index is 1.71. The summed E-state index contributed by atoms with van der Waals surface area (Å²) in [6.07, 6.45) is 0.930. The lowest BCUT2D eigenvalue weighted by molar-refractivity contribution is 0.0816.